The van der Waals surface area contributed by atoms with Crippen LogP contribution in [0.25, 0.3) is 0 Å². The molecule has 5 heteroatoms. The third kappa shape index (κ3) is 1.91. The van der Waals surface area contributed by atoms with Crippen LogP contribution in [0.3, 0.4) is 0 Å². The second-order valence-electron chi connectivity index (χ2n) is 4.93. The lowest BCUT2D eigenvalue weighted by atomic mass is 10.1. The van der Waals surface area contributed by atoms with E-state index in [2.05, 4.69) is 33.4 Å². The van der Waals surface area contributed by atoms with Gasteiger partial charge in [0.05, 0.1) is 11.4 Å². The van der Waals surface area contributed by atoms with Gasteiger partial charge in [-0.1, -0.05) is 0 Å². The van der Waals surface area contributed by atoms with Gasteiger partial charge in [-0.3, -0.25) is 4.98 Å². The summed E-state index contributed by atoms with van der Waals surface area (Å²) >= 11 is 0. The first-order valence-corrected chi connectivity index (χ1v) is 6.71. The Morgan fingerprint density at radius 1 is 1.15 bits per heavy atom. The fourth-order valence-corrected chi connectivity index (χ4v) is 2.65. The van der Waals surface area contributed by atoms with Crippen LogP contribution in [-0.2, 0) is 6.54 Å². The highest BCUT2D eigenvalue weighted by Gasteiger charge is 2.23. The van der Waals surface area contributed by atoms with Gasteiger partial charge in [0.2, 0.25) is 6.79 Å². The Kier molecular flexibility index (Phi) is 2.62. The van der Waals surface area contributed by atoms with Crippen molar-refractivity contribution in [3.05, 3.63) is 42.2 Å². The summed E-state index contributed by atoms with van der Waals surface area (Å²) in [5.41, 5.74) is 3.53. The zero-order valence-corrected chi connectivity index (χ0v) is 11.0. The second-order valence-corrected chi connectivity index (χ2v) is 4.93. The zero-order valence-electron chi connectivity index (χ0n) is 11.0. The van der Waals surface area contributed by atoms with Crippen LogP contribution < -0.4 is 19.7 Å². The van der Waals surface area contributed by atoms with Gasteiger partial charge in [0.1, 0.15) is 0 Å². The van der Waals surface area contributed by atoms with E-state index in [-0.39, 0.29) is 0 Å². The molecular formula is C15H15N3O2. The summed E-state index contributed by atoms with van der Waals surface area (Å²) in [5, 5.41) is 3.42. The van der Waals surface area contributed by atoms with Gasteiger partial charge in [-0.05, 0) is 17.7 Å². The summed E-state index contributed by atoms with van der Waals surface area (Å²) in [6.45, 7) is 3.08. The topological polar surface area (TPSA) is 46.6 Å². The number of anilines is 2. The molecule has 0 radical (unpaired) electrons. The number of hydrogen-bond donors (Lipinski definition) is 1. The van der Waals surface area contributed by atoms with Crippen molar-refractivity contribution in [3.8, 4) is 11.5 Å². The number of ether oxygens (including phenoxy) is 2. The van der Waals surface area contributed by atoms with E-state index in [1.165, 1.54) is 5.56 Å². The molecule has 1 aromatic carbocycles. The smallest absolute Gasteiger partial charge is 0.231 e. The average molecular weight is 269 g/mol. The third-order valence-corrected chi connectivity index (χ3v) is 3.65. The molecule has 2 aromatic rings. The van der Waals surface area contributed by atoms with Gasteiger partial charge in [-0.15, -0.1) is 0 Å². The molecule has 2 aliphatic rings. The van der Waals surface area contributed by atoms with Crippen molar-refractivity contribution < 1.29 is 9.47 Å². The highest BCUT2D eigenvalue weighted by Crippen LogP contribution is 2.42. The van der Waals surface area contributed by atoms with E-state index in [4.69, 9.17) is 9.47 Å². The number of fused-ring (bicyclic) bond motifs is 2. The normalized spacial score (nSPS) is 15.7. The van der Waals surface area contributed by atoms with Crippen molar-refractivity contribution in [1.29, 1.82) is 0 Å². The predicted octanol–water partition coefficient (Wildman–Crippen LogP) is 2.24. The minimum absolute atomic E-state index is 0.308. The van der Waals surface area contributed by atoms with Gasteiger partial charge in [0.25, 0.3) is 0 Å². The molecule has 0 saturated heterocycles. The number of pyridine rings is 1. The first kappa shape index (κ1) is 11.4. The monoisotopic (exact) mass is 269 g/mol. The van der Waals surface area contributed by atoms with E-state index in [1.54, 1.807) is 0 Å². The minimum Gasteiger partial charge on any atom is -0.454 e. The van der Waals surface area contributed by atoms with Crippen LogP contribution in [0.2, 0.25) is 0 Å². The van der Waals surface area contributed by atoms with Crippen LogP contribution in [0.5, 0.6) is 11.5 Å². The molecule has 0 spiro atoms. The lowest BCUT2D eigenvalue weighted by Crippen LogP contribution is -2.33. The van der Waals surface area contributed by atoms with Crippen LogP contribution >= 0.6 is 0 Å². The van der Waals surface area contributed by atoms with Gasteiger partial charge in [-0.25, -0.2) is 0 Å². The number of rotatable bonds is 2. The number of nitrogens with one attached hydrogen (secondary N) is 1. The quantitative estimate of drug-likeness (QED) is 0.906. The predicted molar refractivity (Wildman–Crippen MR) is 76.3 cm³/mol. The van der Waals surface area contributed by atoms with Crippen LogP contribution in [0, 0.1) is 0 Å². The Hall–Kier alpha value is -2.43. The molecule has 0 unspecified atom stereocenters. The van der Waals surface area contributed by atoms with Crippen molar-refractivity contribution in [2.75, 3.05) is 30.1 Å². The van der Waals surface area contributed by atoms with Crippen molar-refractivity contribution in [2.24, 2.45) is 0 Å². The summed E-state index contributed by atoms with van der Waals surface area (Å²) in [6, 6.07) is 8.19. The van der Waals surface area contributed by atoms with Crippen LogP contribution in [0.15, 0.2) is 36.7 Å². The maximum Gasteiger partial charge on any atom is 0.231 e. The Morgan fingerprint density at radius 3 is 2.80 bits per heavy atom. The fraction of sp³-hybridized carbons (Fsp3) is 0.267. The average Bonchev–Trinajstić information content (AvgIpc) is 2.94. The molecular weight excluding hydrogens is 254 g/mol. The van der Waals surface area contributed by atoms with Crippen LogP contribution in [0.4, 0.5) is 11.4 Å². The first-order chi connectivity index (χ1) is 9.90. The molecule has 0 amide bonds. The summed E-state index contributed by atoms with van der Waals surface area (Å²) in [4.78, 5) is 6.41. The molecule has 0 fully saturated rings. The molecule has 1 aromatic heterocycles. The molecule has 3 heterocycles. The second kappa shape index (κ2) is 4.59. The van der Waals surface area contributed by atoms with E-state index >= 15 is 0 Å². The molecule has 2 aliphatic heterocycles. The minimum atomic E-state index is 0.308. The lowest BCUT2D eigenvalue weighted by molar-refractivity contribution is 0.174. The molecule has 20 heavy (non-hydrogen) atoms. The maximum absolute atomic E-state index is 5.48. The Balaban J connectivity index is 1.68. The molecule has 5 nitrogen and oxygen atoms in total. The fourth-order valence-electron chi connectivity index (χ4n) is 2.65. The maximum atomic E-state index is 5.48. The van der Waals surface area contributed by atoms with E-state index in [9.17, 15) is 0 Å². The molecule has 0 bridgehead atoms. The van der Waals surface area contributed by atoms with Gasteiger partial charge in [-0.2, -0.15) is 0 Å². The van der Waals surface area contributed by atoms with E-state index < -0.39 is 0 Å². The molecule has 1 N–H and O–H groups in total. The molecule has 4 rings (SSSR count). The van der Waals surface area contributed by atoms with Gasteiger partial charge in [0, 0.05) is 44.2 Å². The van der Waals surface area contributed by atoms with E-state index in [1.807, 2.05) is 18.5 Å². The SMILES string of the molecule is c1cc(CN2CCNc3cc4c(cc32)OCO4)ccn1. The number of benzene rings is 1. The Morgan fingerprint density at radius 2 is 1.95 bits per heavy atom. The van der Waals surface area contributed by atoms with Crippen LogP contribution in [0.1, 0.15) is 5.56 Å². The Bertz CT molecular complexity index is 631. The van der Waals surface area contributed by atoms with Crippen molar-refractivity contribution in [3.63, 3.8) is 0 Å². The highest BCUT2D eigenvalue weighted by atomic mass is 16.7. The van der Waals surface area contributed by atoms with Crippen molar-refractivity contribution in [1.82, 2.24) is 4.98 Å². The summed E-state index contributed by atoms with van der Waals surface area (Å²) in [7, 11) is 0. The number of hydrogen-bond acceptors (Lipinski definition) is 5. The third-order valence-electron chi connectivity index (χ3n) is 3.65. The number of nitrogens with zero attached hydrogens (tertiary/aromatic N) is 2. The van der Waals surface area contributed by atoms with Crippen LogP contribution in [-0.4, -0.2) is 24.9 Å². The zero-order chi connectivity index (χ0) is 13.4. The highest BCUT2D eigenvalue weighted by molar-refractivity contribution is 5.77. The Labute approximate surface area is 117 Å². The van der Waals surface area contributed by atoms with Gasteiger partial charge >= 0.3 is 0 Å². The van der Waals surface area contributed by atoms with E-state index in [0.717, 1.165) is 42.5 Å². The number of aromatic nitrogens is 1. The summed E-state index contributed by atoms with van der Waals surface area (Å²) in [5.74, 6) is 1.65. The lowest BCUT2D eigenvalue weighted by Gasteiger charge is -2.32. The summed E-state index contributed by atoms with van der Waals surface area (Å²) < 4.78 is 10.9. The van der Waals surface area contributed by atoms with E-state index in [0.29, 0.717) is 6.79 Å². The largest absolute Gasteiger partial charge is 0.454 e. The molecule has 0 aliphatic carbocycles. The van der Waals surface area contributed by atoms with Crippen molar-refractivity contribution >= 4 is 11.4 Å². The summed E-state index contributed by atoms with van der Waals surface area (Å²) in [6.07, 6.45) is 3.66. The molecule has 0 saturated carbocycles. The standard InChI is InChI=1S/C15H15N3O2/c1-3-16-4-2-11(1)9-18-6-5-17-12-7-14-15(8-13(12)18)20-10-19-14/h1-4,7-8,17H,5-6,9-10H2. The molecule has 102 valence electrons. The van der Waals surface area contributed by atoms with Crippen molar-refractivity contribution in [2.45, 2.75) is 6.54 Å². The molecule has 0 atom stereocenters. The first-order valence-electron chi connectivity index (χ1n) is 6.71. The van der Waals surface area contributed by atoms with Gasteiger partial charge < -0.3 is 19.7 Å². The van der Waals surface area contributed by atoms with Gasteiger partial charge in [0.15, 0.2) is 11.5 Å².